The van der Waals surface area contributed by atoms with Gasteiger partial charge in [0, 0.05) is 13.2 Å². The molecule has 0 saturated carbocycles. The van der Waals surface area contributed by atoms with Crippen LogP contribution in [-0.2, 0) is 22.5 Å². The molecular weight excluding hydrogens is 339 g/mol. The largest absolute Gasteiger partial charge is 0.633 e. The highest BCUT2D eigenvalue weighted by atomic mass is 16.6. The molecule has 1 amide bonds. The Bertz CT molecular complexity index is 669. The van der Waals surface area contributed by atoms with E-state index in [1.54, 1.807) is 0 Å². The lowest BCUT2D eigenvalue weighted by atomic mass is 10.1. The SMILES string of the molecule is NC(CCCCOB(O)O)c1nnnn1CC(=O)NCc1ccccc1. The number of nitrogens with two attached hydrogens (primary N) is 1. The Morgan fingerprint density at radius 1 is 1.31 bits per heavy atom. The van der Waals surface area contributed by atoms with Crippen LogP contribution in [0.3, 0.4) is 0 Å². The smallest absolute Gasteiger partial charge is 0.402 e. The highest BCUT2D eigenvalue weighted by Gasteiger charge is 2.17. The second kappa shape index (κ2) is 10.6. The third-order valence-corrected chi connectivity index (χ3v) is 3.69. The Balaban J connectivity index is 1.76. The number of rotatable bonds is 11. The highest BCUT2D eigenvalue weighted by molar-refractivity contribution is 6.32. The van der Waals surface area contributed by atoms with Crippen molar-refractivity contribution in [1.29, 1.82) is 0 Å². The first-order valence-corrected chi connectivity index (χ1v) is 8.36. The first-order chi connectivity index (χ1) is 12.6. The molecule has 1 aromatic heterocycles. The monoisotopic (exact) mass is 362 g/mol. The summed E-state index contributed by atoms with van der Waals surface area (Å²) in [7, 11) is -1.76. The molecule has 2 rings (SSSR count). The lowest BCUT2D eigenvalue weighted by molar-refractivity contribution is -0.122. The molecule has 1 atom stereocenters. The molecule has 5 N–H and O–H groups in total. The molecule has 0 bridgehead atoms. The van der Waals surface area contributed by atoms with Crippen molar-refractivity contribution in [2.45, 2.75) is 38.4 Å². The van der Waals surface area contributed by atoms with E-state index < -0.39 is 13.4 Å². The normalized spacial score (nSPS) is 12.0. The molecule has 0 spiro atoms. The van der Waals surface area contributed by atoms with Gasteiger partial charge < -0.3 is 25.8 Å². The van der Waals surface area contributed by atoms with Gasteiger partial charge in [-0.15, -0.1) is 5.10 Å². The van der Waals surface area contributed by atoms with E-state index in [1.165, 1.54) is 4.68 Å². The van der Waals surface area contributed by atoms with E-state index in [-0.39, 0.29) is 19.1 Å². The summed E-state index contributed by atoms with van der Waals surface area (Å²) in [5.74, 6) is 0.225. The van der Waals surface area contributed by atoms with Gasteiger partial charge in [0.05, 0.1) is 6.04 Å². The van der Waals surface area contributed by atoms with Gasteiger partial charge in [0.2, 0.25) is 5.91 Å². The summed E-state index contributed by atoms with van der Waals surface area (Å²) < 4.78 is 6.01. The molecule has 1 aromatic carbocycles. The van der Waals surface area contributed by atoms with Gasteiger partial charge in [0.25, 0.3) is 0 Å². The second-order valence-corrected chi connectivity index (χ2v) is 5.76. The van der Waals surface area contributed by atoms with Gasteiger partial charge in [-0.2, -0.15) is 0 Å². The third-order valence-electron chi connectivity index (χ3n) is 3.69. The Hall–Kier alpha value is -2.34. The molecule has 0 aliphatic heterocycles. The summed E-state index contributed by atoms with van der Waals surface area (Å²) in [6.45, 7) is 0.639. The predicted octanol–water partition coefficient (Wildman–Crippen LogP) is -0.854. The van der Waals surface area contributed by atoms with Crippen molar-refractivity contribution in [2.75, 3.05) is 6.61 Å². The van der Waals surface area contributed by atoms with Gasteiger partial charge in [-0.3, -0.25) is 4.79 Å². The Morgan fingerprint density at radius 3 is 2.81 bits per heavy atom. The summed E-state index contributed by atoms with van der Waals surface area (Å²) in [4.78, 5) is 12.1. The maximum Gasteiger partial charge on any atom is 0.633 e. The number of nitrogens with one attached hydrogen (secondary N) is 1. The zero-order chi connectivity index (χ0) is 18.8. The number of aromatic nitrogens is 4. The zero-order valence-corrected chi connectivity index (χ0v) is 14.4. The maximum absolute atomic E-state index is 12.1. The lowest BCUT2D eigenvalue weighted by Gasteiger charge is -2.12. The van der Waals surface area contributed by atoms with Crippen LogP contribution in [0.15, 0.2) is 30.3 Å². The van der Waals surface area contributed by atoms with Crippen molar-refractivity contribution >= 4 is 13.2 Å². The van der Waals surface area contributed by atoms with Crippen LogP contribution in [0.1, 0.15) is 36.7 Å². The van der Waals surface area contributed by atoms with Crippen LogP contribution < -0.4 is 11.1 Å². The minimum Gasteiger partial charge on any atom is -0.402 e. The molecule has 0 aliphatic carbocycles. The quantitative estimate of drug-likeness (QED) is 0.298. The number of carbonyl (C=O) groups is 1. The predicted molar refractivity (Wildman–Crippen MR) is 93.0 cm³/mol. The van der Waals surface area contributed by atoms with Gasteiger partial charge in [-0.25, -0.2) is 4.68 Å². The number of unbranched alkanes of at least 4 members (excludes halogenated alkanes) is 1. The standard InChI is InChI=1S/C15H23BN6O4/c17-13(8-4-5-9-26-16(24)25)15-19-20-21-22(15)11-14(23)18-10-12-6-2-1-3-7-12/h1-3,6-7,13,24-25H,4-5,8-11,17H2,(H,18,23). The van der Waals surface area contributed by atoms with Crippen LogP contribution >= 0.6 is 0 Å². The molecule has 26 heavy (non-hydrogen) atoms. The van der Waals surface area contributed by atoms with E-state index in [0.717, 1.165) is 5.56 Å². The molecule has 0 saturated heterocycles. The van der Waals surface area contributed by atoms with Crippen molar-refractivity contribution in [3.05, 3.63) is 41.7 Å². The fourth-order valence-corrected chi connectivity index (χ4v) is 2.36. The van der Waals surface area contributed by atoms with Gasteiger partial charge in [0.1, 0.15) is 6.54 Å². The van der Waals surface area contributed by atoms with E-state index >= 15 is 0 Å². The zero-order valence-electron chi connectivity index (χ0n) is 14.4. The fraction of sp³-hybridized carbons (Fsp3) is 0.467. The number of carbonyl (C=O) groups excluding carboxylic acids is 1. The molecule has 1 unspecified atom stereocenters. The van der Waals surface area contributed by atoms with Gasteiger partial charge in [-0.05, 0) is 35.3 Å². The van der Waals surface area contributed by atoms with E-state index in [2.05, 4.69) is 25.5 Å². The number of hydrogen-bond acceptors (Lipinski definition) is 8. The summed E-state index contributed by atoms with van der Waals surface area (Å²) in [5, 5.41) is 31.3. The average Bonchev–Trinajstić information content (AvgIpc) is 3.08. The van der Waals surface area contributed by atoms with Gasteiger partial charge in [-0.1, -0.05) is 30.3 Å². The van der Waals surface area contributed by atoms with Crippen molar-refractivity contribution in [2.24, 2.45) is 5.73 Å². The van der Waals surface area contributed by atoms with Crippen LogP contribution in [0.4, 0.5) is 0 Å². The number of benzene rings is 1. The number of nitrogens with zero attached hydrogens (tertiary/aromatic N) is 4. The first kappa shape index (κ1) is 20.0. The number of tetrazole rings is 1. The lowest BCUT2D eigenvalue weighted by Crippen LogP contribution is -2.29. The third kappa shape index (κ3) is 6.88. The maximum atomic E-state index is 12.1. The summed E-state index contributed by atoms with van der Waals surface area (Å²) in [6.07, 6.45) is 1.89. The molecule has 0 fully saturated rings. The molecule has 140 valence electrons. The molecule has 11 heteroatoms. The molecule has 10 nitrogen and oxygen atoms in total. The van der Waals surface area contributed by atoms with Crippen LogP contribution in [0.5, 0.6) is 0 Å². The van der Waals surface area contributed by atoms with Crippen molar-refractivity contribution in [1.82, 2.24) is 25.5 Å². The second-order valence-electron chi connectivity index (χ2n) is 5.76. The molecule has 1 heterocycles. The van der Waals surface area contributed by atoms with Crippen molar-refractivity contribution in [3.8, 4) is 0 Å². The fourth-order valence-electron chi connectivity index (χ4n) is 2.36. The summed E-state index contributed by atoms with van der Waals surface area (Å²) in [6, 6.07) is 9.17. The molecule has 2 aromatic rings. The van der Waals surface area contributed by atoms with E-state index in [0.29, 0.717) is 31.6 Å². The minimum absolute atomic E-state index is 0.0112. The van der Waals surface area contributed by atoms with Crippen LogP contribution in [0, 0.1) is 0 Å². The average molecular weight is 362 g/mol. The molecule has 0 radical (unpaired) electrons. The Labute approximate surface area is 151 Å². The Morgan fingerprint density at radius 2 is 2.08 bits per heavy atom. The van der Waals surface area contributed by atoms with E-state index in [4.69, 9.17) is 15.8 Å². The minimum atomic E-state index is -1.76. The molecular formula is C15H23BN6O4. The molecule has 0 aliphatic rings. The van der Waals surface area contributed by atoms with E-state index in [1.807, 2.05) is 30.3 Å². The number of hydrogen-bond donors (Lipinski definition) is 4. The van der Waals surface area contributed by atoms with E-state index in [9.17, 15) is 4.79 Å². The highest BCUT2D eigenvalue weighted by Crippen LogP contribution is 2.13. The Kier molecular flexibility index (Phi) is 8.15. The summed E-state index contributed by atoms with van der Waals surface area (Å²) >= 11 is 0. The van der Waals surface area contributed by atoms with Crippen LogP contribution in [-0.4, -0.2) is 50.1 Å². The first-order valence-electron chi connectivity index (χ1n) is 8.36. The van der Waals surface area contributed by atoms with Crippen LogP contribution in [0.25, 0.3) is 0 Å². The topological polar surface area (TPSA) is 148 Å². The van der Waals surface area contributed by atoms with Crippen molar-refractivity contribution in [3.63, 3.8) is 0 Å². The van der Waals surface area contributed by atoms with Gasteiger partial charge in [0.15, 0.2) is 5.82 Å². The van der Waals surface area contributed by atoms with Crippen LogP contribution in [0.2, 0.25) is 0 Å². The summed E-state index contributed by atoms with van der Waals surface area (Å²) in [5.41, 5.74) is 7.09. The number of amides is 1. The van der Waals surface area contributed by atoms with Gasteiger partial charge >= 0.3 is 7.32 Å². The van der Waals surface area contributed by atoms with Crippen molar-refractivity contribution < 1.29 is 19.5 Å².